The minimum absolute atomic E-state index is 0.438. The Balaban J connectivity index is 3.43. The van der Waals surface area contributed by atoms with Gasteiger partial charge in [0.25, 0.3) is 11.9 Å². The molecule has 0 unspecified atom stereocenters. The van der Waals surface area contributed by atoms with Crippen LogP contribution in [-0.2, 0) is 18.4 Å². The number of hydrogen-bond acceptors (Lipinski definition) is 4. The zero-order valence-electron chi connectivity index (χ0n) is 12.0. The predicted molar refractivity (Wildman–Crippen MR) is 75.1 cm³/mol. The van der Waals surface area contributed by atoms with Crippen LogP contribution in [0.15, 0.2) is 30.3 Å². The average molecular weight is 280 g/mol. The summed E-state index contributed by atoms with van der Waals surface area (Å²) in [6, 6.07) is 9.23. The van der Waals surface area contributed by atoms with Crippen molar-refractivity contribution in [1.29, 1.82) is 0 Å². The minimum Gasteiger partial charge on any atom is -0.482 e. The van der Waals surface area contributed by atoms with Crippen molar-refractivity contribution in [2.45, 2.75) is 39.7 Å². The van der Waals surface area contributed by atoms with Gasteiger partial charge in [0.15, 0.2) is 0 Å². The first-order valence-corrected chi connectivity index (χ1v) is 7.95. The van der Waals surface area contributed by atoms with Crippen molar-refractivity contribution in [3.05, 3.63) is 30.3 Å². The lowest BCUT2D eigenvalue weighted by Gasteiger charge is -2.38. The normalized spacial score (nSPS) is 11.8. The predicted octanol–water partition coefficient (Wildman–Crippen LogP) is 2.26. The molecule has 0 aliphatic carbocycles. The van der Waals surface area contributed by atoms with Crippen LogP contribution in [0.1, 0.15) is 34.6 Å². The summed E-state index contributed by atoms with van der Waals surface area (Å²) in [6.45, 7) is 8.41. The molecule has 1 rings (SSSR count). The van der Waals surface area contributed by atoms with Gasteiger partial charge in [-0.15, -0.1) is 0 Å². The van der Waals surface area contributed by atoms with E-state index in [1.54, 1.807) is 0 Å². The average Bonchev–Trinajstić information content (AvgIpc) is 2.26. The fourth-order valence-electron chi connectivity index (χ4n) is 1.94. The number of carbonyl (C=O) groups is 2. The van der Waals surface area contributed by atoms with Crippen LogP contribution in [0.3, 0.4) is 0 Å². The summed E-state index contributed by atoms with van der Waals surface area (Å²) >= 11 is 0. The fourth-order valence-corrected chi connectivity index (χ4v) is 5.14. The largest absolute Gasteiger partial charge is 0.505 e. The van der Waals surface area contributed by atoms with Crippen LogP contribution < -0.4 is 5.19 Å². The molecule has 0 atom stereocenters. The van der Waals surface area contributed by atoms with Gasteiger partial charge in [-0.2, -0.15) is 0 Å². The van der Waals surface area contributed by atoms with Gasteiger partial charge < -0.3 is 8.85 Å². The summed E-state index contributed by atoms with van der Waals surface area (Å²) in [4.78, 5) is 23.0. The molecule has 0 bridgehead atoms. The molecule has 1 aromatic carbocycles. The standard InChI is InChI=1S/C14H20O4Si/c1-11(15)17-19(14(3,4)5,18-12(2)16)13-9-7-6-8-10-13/h6-10H,1-5H3. The first-order valence-electron chi connectivity index (χ1n) is 6.14. The Bertz CT molecular complexity index is 446. The molecule has 0 N–H and O–H groups in total. The molecule has 0 aliphatic heterocycles. The summed E-state index contributed by atoms with van der Waals surface area (Å²) in [7, 11) is -3.20. The molecule has 0 aromatic heterocycles. The van der Waals surface area contributed by atoms with Crippen LogP contribution in [0.25, 0.3) is 0 Å². The molecular formula is C14H20O4Si. The van der Waals surface area contributed by atoms with Crippen LogP contribution in [-0.4, -0.2) is 20.5 Å². The monoisotopic (exact) mass is 280 g/mol. The highest BCUT2D eigenvalue weighted by atomic mass is 28.4. The molecule has 0 amide bonds. The lowest BCUT2D eigenvalue weighted by molar-refractivity contribution is -0.139. The van der Waals surface area contributed by atoms with Gasteiger partial charge in [-0.05, 0) is 0 Å². The highest BCUT2D eigenvalue weighted by Crippen LogP contribution is 2.37. The minimum atomic E-state index is -3.20. The molecule has 0 fully saturated rings. The van der Waals surface area contributed by atoms with E-state index in [1.807, 2.05) is 51.1 Å². The summed E-state index contributed by atoms with van der Waals surface area (Å²) in [5.41, 5.74) is 0. The molecule has 1 aromatic rings. The van der Waals surface area contributed by atoms with Crippen molar-refractivity contribution >= 4 is 25.7 Å². The van der Waals surface area contributed by atoms with Crippen LogP contribution in [0, 0.1) is 0 Å². The number of rotatable bonds is 3. The molecule has 5 heteroatoms. The Morgan fingerprint density at radius 3 is 1.68 bits per heavy atom. The summed E-state index contributed by atoms with van der Waals surface area (Å²) in [5.74, 6) is -0.876. The lowest BCUT2D eigenvalue weighted by atomic mass is 10.2. The third kappa shape index (κ3) is 3.44. The van der Waals surface area contributed by atoms with Crippen LogP contribution in [0.4, 0.5) is 0 Å². The second-order valence-electron chi connectivity index (χ2n) is 5.42. The quantitative estimate of drug-likeness (QED) is 0.797. The molecule has 0 spiro atoms. The van der Waals surface area contributed by atoms with Gasteiger partial charge in [0.05, 0.1) is 0 Å². The van der Waals surface area contributed by atoms with Crippen LogP contribution in [0.5, 0.6) is 0 Å². The zero-order valence-corrected chi connectivity index (χ0v) is 13.0. The van der Waals surface area contributed by atoms with E-state index in [-0.39, 0.29) is 0 Å². The fraction of sp³-hybridized carbons (Fsp3) is 0.429. The Hall–Kier alpha value is -1.62. The Kier molecular flexibility index (Phi) is 4.52. The van der Waals surface area contributed by atoms with E-state index in [0.29, 0.717) is 0 Å². The van der Waals surface area contributed by atoms with Crippen molar-refractivity contribution in [2.75, 3.05) is 0 Å². The van der Waals surface area contributed by atoms with Gasteiger partial charge in [-0.1, -0.05) is 51.1 Å². The second-order valence-corrected chi connectivity index (χ2v) is 9.14. The maximum atomic E-state index is 11.5. The number of hydrogen-bond donors (Lipinski definition) is 0. The molecule has 0 saturated carbocycles. The molecule has 0 aliphatic rings. The molecule has 0 radical (unpaired) electrons. The molecule has 104 valence electrons. The van der Waals surface area contributed by atoms with E-state index >= 15 is 0 Å². The van der Waals surface area contributed by atoms with Crippen molar-refractivity contribution < 1.29 is 18.4 Å². The molecular weight excluding hydrogens is 260 g/mol. The number of benzene rings is 1. The van der Waals surface area contributed by atoms with Gasteiger partial charge in [-0.25, -0.2) is 0 Å². The highest BCUT2D eigenvalue weighted by molar-refractivity contribution is 6.85. The van der Waals surface area contributed by atoms with E-state index in [0.717, 1.165) is 5.19 Å². The van der Waals surface area contributed by atoms with Crippen molar-refractivity contribution in [3.8, 4) is 0 Å². The Labute approximate surface area is 115 Å². The van der Waals surface area contributed by atoms with Gasteiger partial charge >= 0.3 is 8.56 Å². The molecule has 19 heavy (non-hydrogen) atoms. The lowest BCUT2D eigenvalue weighted by Crippen LogP contribution is -2.61. The van der Waals surface area contributed by atoms with E-state index in [1.165, 1.54) is 13.8 Å². The van der Waals surface area contributed by atoms with Crippen molar-refractivity contribution in [1.82, 2.24) is 0 Å². The Morgan fingerprint density at radius 1 is 0.947 bits per heavy atom. The molecule has 0 heterocycles. The smallest absolute Gasteiger partial charge is 0.482 e. The summed E-state index contributed by atoms with van der Waals surface area (Å²) < 4.78 is 11.1. The third-order valence-corrected chi connectivity index (χ3v) is 6.93. The Morgan fingerprint density at radius 2 is 1.37 bits per heavy atom. The van der Waals surface area contributed by atoms with E-state index in [4.69, 9.17) is 8.85 Å². The SMILES string of the molecule is CC(=O)O[Si](OC(C)=O)(c1ccccc1)C(C)(C)C. The van der Waals surface area contributed by atoms with Crippen molar-refractivity contribution in [2.24, 2.45) is 0 Å². The maximum absolute atomic E-state index is 11.5. The highest BCUT2D eigenvalue weighted by Gasteiger charge is 2.57. The summed E-state index contributed by atoms with van der Waals surface area (Å²) in [6.07, 6.45) is 0. The molecule has 0 saturated heterocycles. The van der Waals surface area contributed by atoms with Gasteiger partial charge in [0.2, 0.25) is 0 Å². The van der Waals surface area contributed by atoms with Crippen LogP contribution in [0.2, 0.25) is 5.04 Å². The van der Waals surface area contributed by atoms with E-state index in [9.17, 15) is 9.59 Å². The zero-order chi connectivity index (χ0) is 14.7. The third-order valence-electron chi connectivity index (χ3n) is 2.72. The molecule has 4 nitrogen and oxygen atoms in total. The topological polar surface area (TPSA) is 52.6 Å². The summed E-state index contributed by atoms with van der Waals surface area (Å²) in [5, 5.41) is 0.305. The second kappa shape index (κ2) is 5.57. The van der Waals surface area contributed by atoms with E-state index in [2.05, 4.69) is 0 Å². The first kappa shape index (κ1) is 15.4. The van der Waals surface area contributed by atoms with Gasteiger partial charge in [0.1, 0.15) is 0 Å². The van der Waals surface area contributed by atoms with Gasteiger partial charge in [0, 0.05) is 24.1 Å². The van der Waals surface area contributed by atoms with E-state index < -0.39 is 25.5 Å². The van der Waals surface area contributed by atoms with Crippen LogP contribution >= 0.6 is 0 Å². The first-order chi connectivity index (χ1) is 8.69. The maximum Gasteiger partial charge on any atom is 0.505 e. The number of carbonyl (C=O) groups excluding carboxylic acids is 2. The van der Waals surface area contributed by atoms with Crippen molar-refractivity contribution in [3.63, 3.8) is 0 Å². The van der Waals surface area contributed by atoms with Gasteiger partial charge in [-0.3, -0.25) is 9.59 Å².